The summed E-state index contributed by atoms with van der Waals surface area (Å²) >= 11 is 12.4. The highest BCUT2D eigenvalue weighted by atomic mass is 35.5. The number of unbranched alkanes of at least 4 members (excludes halogenated alkanes) is 1. The first kappa shape index (κ1) is 29.5. The summed E-state index contributed by atoms with van der Waals surface area (Å²) in [6.45, 7) is 3.70. The largest absolute Gasteiger partial charge is 0.354 e. The number of sulfonamides is 1. The van der Waals surface area contributed by atoms with Crippen molar-refractivity contribution in [2.24, 2.45) is 0 Å². The molecule has 38 heavy (non-hydrogen) atoms. The Kier molecular flexibility index (Phi) is 10.6. The van der Waals surface area contributed by atoms with Gasteiger partial charge in [-0.15, -0.1) is 0 Å². The number of hydrogen-bond acceptors (Lipinski definition) is 4. The number of amides is 2. The molecular formula is C28H31Cl2N3O4S. The predicted molar refractivity (Wildman–Crippen MR) is 152 cm³/mol. The summed E-state index contributed by atoms with van der Waals surface area (Å²) in [4.78, 5) is 28.2. The highest BCUT2D eigenvalue weighted by Gasteiger charge is 2.32. The van der Waals surface area contributed by atoms with Gasteiger partial charge in [-0.2, -0.15) is 0 Å². The van der Waals surface area contributed by atoms with E-state index in [1.54, 1.807) is 25.1 Å². The zero-order valence-electron chi connectivity index (χ0n) is 21.3. The summed E-state index contributed by atoms with van der Waals surface area (Å²) in [5.41, 5.74) is 0.941. The number of carbonyl (C=O) groups is 2. The number of nitrogens with one attached hydrogen (secondary N) is 1. The van der Waals surface area contributed by atoms with E-state index in [0.717, 1.165) is 22.7 Å². The van der Waals surface area contributed by atoms with Crippen LogP contribution in [0, 0.1) is 0 Å². The Hall–Kier alpha value is -3.07. The lowest BCUT2D eigenvalue weighted by atomic mass is 10.1. The van der Waals surface area contributed by atoms with E-state index in [-0.39, 0.29) is 33.1 Å². The van der Waals surface area contributed by atoms with E-state index in [4.69, 9.17) is 23.2 Å². The van der Waals surface area contributed by atoms with Crippen molar-refractivity contribution in [2.45, 2.75) is 44.2 Å². The van der Waals surface area contributed by atoms with Crippen molar-refractivity contribution in [3.63, 3.8) is 0 Å². The number of carbonyl (C=O) groups excluding carboxylic acids is 2. The van der Waals surface area contributed by atoms with E-state index in [1.807, 2.05) is 37.3 Å². The molecule has 3 aromatic carbocycles. The fourth-order valence-electron chi connectivity index (χ4n) is 3.83. The molecular weight excluding hydrogens is 545 g/mol. The van der Waals surface area contributed by atoms with Crippen LogP contribution in [0.4, 0.5) is 5.69 Å². The van der Waals surface area contributed by atoms with Crippen molar-refractivity contribution in [1.82, 2.24) is 10.2 Å². The number of benzene rings is 3. The minimum atomic E-state index is -4.18. The number of anilines is 1. The first-order chi connectivity index (χ1) is 18.1. The smallest absolute Gasteiger partial charge is 0.264 e. The van der Waals surface area contributed by atoms with Gasteiger partial charge in [-0.3, -0.25) is 13.9 Å². The topological polar surface area (TPSA) is 86.8 Å². The maximum atomic E-state index is 13.8. The molecule has 202 valence electrons. The molecule has 0 aliphatic rings. The van der Waals surface area contributed by atoms with Gasteiger partial charge in [0.1, 0.15) is 12.6 Å². The Morgan fingerprint density at radius 2 is 1.50 bits per heavy atom. The number of hydrogen-bond donors (Lipinski definition) is 1. The Bertz CT molecular complexity index is 1320. The molecule has 0 aromatic heterocycles. The fourth-order valence-corrected chi connectivity index (χ4v) is 5.76. The molecule has 0 aliphatic heterocycles. The summed E-state index contributed by atoms with van der Waals surface area (Å²) in [6.07, 6.45) is 1.72. The lowest BCUT2D eigenvalue weighted by Crippen LogP contribution is -2.51. The van der Waals surface area contributed by atoms with Crippen LogP contribution in [0.5, 0.6) is 0 Å². The molecule has 0 saturated carbocycles. The van der Waals surface area contributed by atoms with Gasteiger partial charge in [-0.1, -0.05) is 85.1 Å². The van der Waals surface area contributed by atoms with Crippen molar-refractivity contribution in [2.75, 3.05) is 17.4 Å². The van der Waals surface area contributed by atoms with Crippen molar-refractivity contribution in [3.8, 4) is 0 Å². The van der Waals surface area contributed by atoms with Crippen LogP contribution >= 0.6 is 23.2 Å². The van der Waals surface area contributed by atoms with Gasteiger partial charge < -0.3 is 10.2 Å². The van der Waals surface area contributed by atoms with Crippen molar-refractivity contribution in [1.29, 1.82) is 0 Å². The Balaban J connectivity index is 2.00. The molecule has 0 fully saturated rings. The van der Waals surface area contributed by atoms with Gasteiger partial charge in [0, 0.05) is 23.1 Å². The molecule has 10 heteroatoms. The first-order valence-electron chi connectivity index (χ1n) is 12.3. The predicted octanol–water partition coefficient (Wildman–Crippen LogP) is 5.52. The average molecular weight is 577 g/mol. The summed E-state index contributed by atoms with van der Waals surface area (Å²) in [5.74, 6) is -0.867. The molecule has 0 spiro atoms. The van der Waals surface area contributed by atoms with Crippen LogP contribution in [-0.4, -0.2) is 44.3 Å². The maximum Gasteiger partial charge on any atom is 0.264 e. The molecule has 1 unspecified atom stereocenters. The Morgan fingerprint density at radius 1 is 0.921 bits per heavy atom. The summed E-state index contributed by atoms with van der Waals surface area (Å²) < 4.78 is 28.5. The van der Waals surface area contributed by atoms with E-state index in [2.05, 4.69) is 5.32 Å². The zero-order valence-corrected chi connectivity index (χ0v) is 23.6. The summed E-state index contributed by atoms with van der Waals surface area (Å²) in [6, 6.07) is 20.5. The van der Waals surface area contributed by atoms with Crippen LogP contribution in [0.1, 0.15) is 32.3 Å². The van der Waals surface area contributed by atoms with E-state index < -0.39 is 28.5 Å². The third kappa shape index (κ3) is 7.72. The fraction of sp³-hybridized carbons (Fsp3) is 0.286. The van der Waals surface area contributed by atoms with Crippen LogP contribution in [0.15, 0.2) is 83.8 Å². The molecule has 2 amide bonds. The molecule has 1 N–H and O–H groups in total. The van der Waals surface area contributed by atoms with Gasteiger partial charge >= 0.3 is 0 Å². The second-order valence-electron chi connectivity index (χ2n) is 8.78. The van der Waals surface area contributed by atoms with Crippen LogP contribution < -0.4 is 9.62 Å². The third-order valence-corrected chi connectivity index (χ3v) is 8.16. The van der Waals surface area contributed by atoms with Crippen LogP contribution in [0.2, 0.25) is 10.0 Å². The second-order valence-corrected chi connectivity index (χ2v) is 11.5. The molecule has 0 aliphatic carbocycles. The van der Waals surface area contributed by atoms with Crippen LogP contribution in [0.3, 0.4) is 0 Å². The molecule has 0 heterocycles. The minimum absolute atomic E-state index is 0.00358. The Labute approximate surface area is 234 Å². The van der Waals surface area contributed by atoms with Crippen LogP contribution in [-0.2, 0) is 26.2 Å². The number of halogens is 2. The molecule has 0 radical (unpaired) electrons. The lowest BCUT2D eigenvalue weighted by Gasteiger charge is -2.32. The van der Waals surface area contributed by atoms with E-state index in [9.17, 15) is 18.0 Å². The van der Waals surface area contributed by atoms with E-state index in [0.29, 0.717) is 6.54 Å². The summed E-state index contributed by atoms with van der Waals surface area (Å²) in [7, 11) is -4.18. The average Bonchev–Trinajstić information content (AvgIpc) is 2.90. The highest BCUT2D eigenvalue weighted by molar-refractivity contribution is 7.92. The second kappa shape index (κ2) is 13.6. The van der Waals surface area contributed by atoms with Crippen molar-refractivity contribution >= 4 is 50.7 Å². The minimum Gasteiger partial charge on any atom is -0.354 e. The van der Waals surface area contributed by atoms with Gasteiger partial charge in [0.25, 0.3) is 10.0 Å². The molecule has 1 atom stereocenters. The van der Waals surface area contributed by atoms with Crippen molar-refractivity contribution in [3.05, 3.63) is 94.5 Å². The van der Waals surface area contributed by atoms with Gasteiger partial charge in [-0.05, 0) is 49.2 Å². The zero-order chi connectivity index (χ0) is 27.7. The quantitative estimate of drug-likeness (QED) is 0.288. The van der Waals surface area contributed by atoms with E-state index >= 15 is 0 Å². The van der Waals surface area contributed by atoms with Gasteiger partial charge in [0.05, 0.1) is 10.6 Å². The molecule has 3 aromatic rings. The van der Waals surface area contributed by atoms with Gasteiger partial charge in [-0.25, -0.2) is 8.42 Å². The number of nitrogens with zero attached hydrogens (tertiary/aromatic N) is 2. The Morgan fingerprint density at radius 3 is 2.08 bits per heavy atom. The van der Waals surface area contributed by atoms with E-state index in [1.165, 1.54) is 35.2 Å². The molecule has 3 rings (SSSR count). The third-order valence-electron chi connectivity index (χ3n) is 5.94. The summed E-state index contributed by atoms with van der Waals surface area (Å²) in [5, 5.41) is 3.30. The number of rotatable bonds is 12. The van der Waals surface area contributed by atoms with Gasteiger partial charge in [0.15, 0.2) is 0 Å². The molecule has 0 saturated heterocycles. The van der Waals surface area contributed by atoms with Crippen LogP contribution in [0.25, 0.3) is 0 Å². The lowest BCUT2D eigenvalue weighted by molar-refractivity contribution is -0.139. The normalized spacial score (nSPS) is 12.0. The van der Waals surface area contributed by atoms with Gasteiger partial charge in [0.2, 0.25) is 11.8 Å². The first-order valence-corrected chi connectivity index (χ1v) is 14.5. The standard InChI is InChI=1S/C28H31Cl2N3O4S/c1-3-4-15-31-28(35)21(2)32(19-22-11-7-5-8-12-22)27(34)20-33(25-17-23(29)16-24(30)18-25)38(36,37)26-13-9-6-10-14-26/h5-14,16-18,21H,3-4,15,19-20H2,1-2H3,(H,31,35). The SMILES string of the molecule is CCCCNC(=O)C(C)N(Cc1ccccc1)C(=O)CN(c1cc(Cl)cc(Cl)c1)S(=O)(=O)c1ccccc1. The van der Waals surface area contributed by atoms with Crippen molar-refractivity contribution < 1.29 is 18.0 Å². The monoisotopic (exact) mass is 575 g/mol. The molecule has 7 nitrogen and oxygen atoms in total. The maximum absolute atomic E-state index is 13.8. The molecule has 0 bridgehead atoms. The highest BCUT2D eigenvalue weighted by Crippen LogP contribution is 2.30.